The second-order valence-electron chi connectivity index (χ2n) is 3.04. The van der Waals surface area contributed by atoms with E-state index in [0.29, 0.717) is 5.84 Å². The van der Waals surface area contributed by atoms with Gasteiger partial charge in [-0.05, 0) is 0 Å². The summed E-state index contributed by atoms with van der Waals surface area (Å²) in [6.07, 6.45) is 12.7. The van der Waals surface area contributed by atoms with Crippen LogP contribution in [0, 0.1) is 0 Å². The maximum atomic E-state index is 4.91. The van der Waals surface area contributed by atoms with Crippen LogP contribution in [0.15, 0.2) is 53.2 Å². The van der Waals surface area contributed by atoms with Gasteiger partial charge in [-0.3, -0.25) is 8.80 Å². The van der Waals surface area contributed by atoms with Gasteiger partial charge in [0.15, 0.2) is 4.96 Å². The van der Waals surface area contributed by atoms with Gasteiger partial charge < -0.3 is 4.42 Å². The van der Waals surface area contributed by atoms with Crippen molar-refractivity contribution in [3.05, 3.63) is 48.8 Å². The molecule has 4 aromatic heterocycles. The molecule has 16 heavy (non-hydrogen) atoms. The van der Waals surface area contributed by atoms with Crippen molar-refractivity contribution in [1.29, 1.82) is 0 Å². The quantitative estimate of drug-likeness (QED) is 0.467. The monoisotopic (exact) mass is 232 g/mol. The minimum Gasteiger partial charge on any atom is -0.432 e. The van der Waals surface area contributed by atoms with Gasteiger partial charge in [0.1, 0.15) is 6.26 Å². The molecule has 6 heteroatoms. The Morgan fingerprint density at radius 2 is 1.88 bits per heavy atom. The maximum Gasteiger partial charge on any atom is 0.305 e. The van der Waals surface area contributed by atoms with Gasteiger partial charge in [0, 0.05) is 42.6 Å². The van der Waals surface area contributed by atoms with Crippen LogP contribution in [0.3, 0.4) is 0 Å². The molecule has 0 aliphatic heterocycles. The molecule has 0 fully saturated rings. The second-order valence-corrected chi connectivity index (χ2v) is 3.91. The number of oxazole rings is 1. The van der Waals surface area contributed by atoms with Crippen LogP contribution in [0.5, 0.6) is 0 Å². The van der Waals surface area contributed by atoms with E-state index in [9.17, 15) is 0 Å². The highest BCUT2D eigenvalue weighted by atomic mass is 32.1. The zero-order valence-corrected chi connectivity index (χ0v) is 9.04. The van der Waals surface area contributed by atoms with Crippen LogP contribution in [0.2, 0.25) is 0 Å². The number of fused-ring (bicyclic) bond motifs is 2. The highest BCUT2D eigenvalue weighted by molar-refractivity contribution is 7.15. The van der Waals surface area contributed by atoms with Crippen molar-refractivity contribution < 1.29 is 4.42 Å². The van der Waals surface area contributed by atoms with E-state index < -0.39 is 0 Å². The SMILES string of the molecule is c1cn2ccoc2n1.c1cn2ccsc2n1. The third kappa shape index (κ3) is 1.59. The first-order valence-corrected chi connectivity index (χ1v) is 5.54. The maximum absolute atomic E-state index is 4.91. The molecule has 80 valence electrons. The Hall–Kier alpha value is -2.08. The Labute approximate surface area is 94.6 Å². The lowest BCUT2D eigenvalue weighted by molar-refractivity contribution is 0.596. The van der Waals surface area contributed by atoms with Crippen LogP contribution >= 0.6 is 11.3 Å². The van der Waals surface area contributed by atoms with E-state index in [1.807, 2.05) is 34.6 Å². The van der Waals surface area contributed by atoms with Crippen LogP contribution in [0.25, 0.3) is 10.8 Å². The molecule has 4 aromatic rings. The van der Waals surface area contributed by atoms with E-state index in [-0.39, 0.29) is 0 Å². The minimum absolute atomic E-state index is 0.644. The smallest absolute Gasteiger partial charge is 0.305 e. The molecule has 0 amide bonds. The van der Waals surface area contributed by atoms with E-state index in [4.69, 9.17) is 4.42 Å². The van der Waals surface area contributed by atoms with E-state index in [2.05, 4.69) is 9.97 Å². The van der Waals surface area contributed by atoms with E-state index in [1.165, 1.54) is 0 Å². The number of nitrogens with zero attached hydrogens (tertiary/aromatic N) is 4. The molecule has 0 aromatic carbocycles. The van der Waals surface area contributed by atoms with Crippen LogP contribution in [-0.4, -0.2) is 18.8 Å². The molecule has 0 aliphatic rings. The predicted molar refractivity (Wildman–Crippen MR) is 60.5 cm³/mol. The molecular weight excluding hydrogens is 224 g/mol. The van der Waals surface area contributed by atoms with Gasteiger partial charge in [-0.15, -0.1) is 11.3 Å². The summed E-state index contributed by atoms with van der Waals surface area (Å²) in [4.78, 5) is 9.00. The Balaban J connectivity index is 0.000000101. The lowest BCUT2D eigenvalue weighted by Crippen LogP contribution is -1.67. The largest absolute Gasteiger partial charge is 0.432 e. The Bertz CT molecular complexity index is 526. The van der Waals surface area contributed by atoms with Gasteiger partial charge in [0.05, 0.1) is 0 Å². The summed E-state index contributed by atoms with van der Waals surface area (Å²) < 4.78 is 8.71. The van der Waals surface area contributed by atoms with Crippen molar-refractivity contribution in [3.8, 4) is 0 Å². The van der Waals surface area contributed by atoms with Gasteiger partial charge in [0.25, 0.3) is 0 Å². The molecule has 0 unspecified atom stereocenters. The molecule has 0 saturated carbocycles. The molecule has 0 atom stereocenters. The number of rotatable bonds is 0. The topological polar surface area (TPSA) is 47.7 Å². The molecule has 4 heterocycles. The summed E-state index contributed by atoms with van der Waals surface area (Å²) in [5, 5.41) is 2.02. The lowest BCUT2D eigenvalue weighted by atomic mass is 10.9. The number of thiazole rings is 1. The van der Waals surface area contributed by atoms with E-state index in [1.54, 1.807) is 34.4 Å². The van der Waals surface area contributed by atoms with Crippen LogP contribution in [0.4, 0.5) is 0 Å². The molecule has 0 bridgehead atoms. The van der Waals surface area contributed by atoms with Gasteiger partial charge in [-0.25, -0.2) is 9.97 Å². The zero-order chi connectivity index (χ0) is 10.8. The van der Waals surface area contributed by atoms with Gasteiger partial charge in [-0.1, -0.05) is 0 Å². The fourth-order valence-electron chi connectivity index (χ4n) is 1.32. The van der Waals surface area contributed by atoms with E-state index in [0.717, 1.165) is 4.96 Å². The average molecular weight is 232 g/mol. The molecule has 4 rings (SSSR count). The average Bonchev–Trinajstić information content (AvgIpc) is 2.99. The van der Waals surface area contributed by atoms with Crippen molar-refractivity contribution in [1.82, 2.24) is 18.8 Å². The van der Waals surface area contributed by atoms with Crippen molar-refractivity contribution >= 4 is 22.1 Å². The summed E-state index contributed by atoms with van der Waals surface area (Å²) in [7, 11) is 0. The van der Waals surface area contributed by atoms with Crippen LogP contribution in [0.1, 0.15) is 0 Å². The molecule has 0 N–H and O–H groups in total. The van der Waals surface area contributed by atoms with Crippen molar-refractivity contribution in [2.75, 3.05) is 0 Å². The molecule has 0 saturated heterocycles. The summed E-state index contributed by atoms with van der Waals surface area (Å²) >= 11 is 1.65. The minimum atomic E-state index is 0.644. The Morgan fingerprint density at radius 3 is 2.75 bits per heavy atom. The number of aromatic nitrogens is 4. The highest BCUT2D eigenvalue weighted by Crippen LogP contribution is 2.06. The molecular formula is C10H8N4OS. The molecule has 0 radical (unpaired) electrons. The summed E-state index contributed by atoms with van der Waals surface area (Å²) in [5.74, 6) is 0.644. The standard InChI is InChI=1S/C5H4N2O.C5H4N2S/c2*1-2-7-3-4-8-5(7)6-1/h2*1-4H. The summed E-state index contributed by atoms with van der Waals surface area (Å²) in [6, 6.07) is 0. The first-order chi connectivity index (χ1) is 7.93. The highest BCUT2D eigenvalue weighted by Gasteiger charge is 1.90. The first-order valence-electron chi connectivity index (χ1n) is 4.66. The normalized spacial score (nSPS) is 10.5. The Morgan fingerprint density at radius 1 is 1.00 bits per heavy atom. The van der Waals surface area contributed by atoms with E-state index >= 15 is 0 Å². The fourth-order valence-corrected chi connectivity index (χ4v) is 2.00. The number of imidazole rings is 2. The predicted octanol–water partition coefficient (Wildman–Crippen LogP) is 2.32. The Kier molecular flexibility index (Phi) is 2.19. The molecule has 0 spiro atoms. The van der Waals surface area contributed by atoms with Crippen LogP contribution < -0.4 is 0 Å². The molecule has 0 aliphatic carbocycles. The first kappa shape index (κ1) is 9.17. The van der Waals surface area contributed by atoms with Crippen molar-refractivity contribution in [2.45, 2.75) is 0 Å². The lowest BCUT2D eigenvalue weighted by Gasteiger charge is -1.71. The third-order valence-electron chi connectivity index (χ3n) is 2.06. The summed E-state index contributed by atoms with van der Waals surface area (Å²) in [5.41, 5.74) is 0. The molecule has 5 nitrogen and oxygen atoms in total. The van der Waals surface area contributed by atoms with Gasteiger partial charge >= 0.3 is 5.84 Å². The van der Waals surface area contributed by atoms with Gasteiger partial charge in [0.2, 0.25) is 0 Å². The second kappa shape index (κ2) is 3.82. The fraction of sp³-hybridized carbons (Fsp3) is 0. The number of hydrogen-bond donors (Lipinski definition) is 0. The van der Waals surface area contributed by atoms with Gasteiger partial charge in [-0.2, -0.15) is 0 Å². The third-order valence-corrected chi connectivity index (χ3v) is 2.84. The summed E-state index contributed by atoms with van der Waals surface area (Å²) in [6.45, 7) is 0. The van der Waals surface area contributed by atoms with Crippen molar-refractivity contribution in [3.63, 3.8) is 0 Å². The zero-order valence-electron chi connectivity index (χ0n) is 8.22. The van der Waals surface area contributed by atoms with Crippen molar-refractivity contribution in [2.24, 2.45) is 0 Å². The van der Waals surface area contributed by atoms with Crippen LogP contribution in [-0.2, 0) is 0 Å². The number of hydrogen-bond acceptors (Lipinski definition) is 4.